The Bertz CT molecular complexity index is 507. The molecule has 1 aromatic carbocycles. The number of carboxylic acid groups (broad SMARTS) is 1. The van der Waals surface area contributed by atoms with Crippen LogP contribution in [0.3, 0.4) is 0 Å². The molecule has 0 atom stereocenters. The van der Waals surface area contributed by atoms with Crippen LogP contribution in [0, 0.1) is 6.92 Å². The molecular weight excluding hydrogens is 298 g/mol. The Balaban J connectivity index is 2.55. The molecule has 0 unspecified atom stereocenters. The number of carbonyl (C=O) groups is 2. The van der Waals surface area contributed by atoms with E-state index in [2.05, 4.69) is 20.8 Å². The predicted octanol–water partition coefficient (Wildman–Crippen LogP) is 2.63. The first-order chi connectivity index (χ1) is 8.52. The highest BCUT2D eigenvalue weighted by molar-refractivity contribution is 9.10. The van der Waals surface area contributed by atoms with Gasteiger partial charge in [-0.15, -0.1) is 0 Å². The zero-order valence-corrected chi connectivity index (χ0v) is 11.7. The minimum Gasteiger partial charge on any atom is -0.475 e. The number of ketones is 1. The van der Waals surface area contributed by atoms with Crippen molar-refractivity contribution in [2.75, 3.05) is 18.0 Å². The lowest BCUT2D eigenvalue weighted by atomic mass is 10.0. The number of rotatable bonds is 3. The van der Waals surface area contributed by atoms with Crippen molar-refractivity contribution in [3.63, 3.8) is 0 Å². The van der Waals surface area contributed by atoms with E-state index in [0.717, 1.165) is 37.2 Å². The van der Waals surface area contributed by atoms with Crippen LogP contribution in [-0.4, -0.2) is 29.9 Å². The summed E-state index contributed by atoms with van der Waals surface area (Å²) in [6.45, 7) is 3.58. The Morgan fingerprint density at radius 3 is 2.44 bits per heavy atom. The topological polar surface area (TPSA) is 57.6 Å². The number of nitrogens with zero attached hydrogens (tertiary/aromatic N) is 1. The van der Waals surface area contributed by atoms with Gasteiger partial charge in [0.15, 0.2) is 0 Å². The van der Waals surface area contributed by atoms with Crippen molar-refractivity contribution in [2.45, 2.75) is 19.8 Å². The molecule has 96 valence electrons. The molecule has 1 aliphatic heterocycles. The molecule has 0 aliphatic carbocycles. The van der Waals surface area contributed by atoms with E-state index in [4.69, 9.17) is 5.11 Å². The second kappa shape index (κ2) is 5.10. The maximum atomic E-state index is 11.8. The maximum Gasteiger partial charge on any atom is 0.377 e. The normalized spacial score (nSPS) is 14.9. The van der Waals surface area contributed by atoms with Gasteiger partial charge in [-0.1, -0.05) is 6.07 Å². The number of hydrogen-bond donors (Lipinski definition) is 1. The van der Waals surface area contributed by atoms with Gasteiger partial charge in [0.05, 0.1) is 5.56 Å². The van der Waals surface area contributed by atoms with E-state index in [-0.39, 0.29) is 5.56 Å². The molecule has 4 nitrogen and oxygen atoms in total. The standard InChI is InChI=1S/C13H14BrNO3/c1-8-4-5-9(15-6-2-3-7-15)10(11(8)14)12(16)13(17)18/h4-5H,2-3,6-7H2,1H3,(H,17,18). The van der Waals surface area contributed by atoms with E-state index in [1.54, 1.807) is 0 Å². The van der Waals surface area contributed by atoms with Gasteiger partial charge in [0, 0.05) is 23.2 Å². The molecule has 1 aliphatic rings. The molecule has 1 N–H and O–H groups in total. The SMILES string of the molecule is Cc1ccc(N2CCCC2)c(C(=O)C(=O)O)c1Br. The molecule has 1 saturated heterocycles. The van der Waals surface area contributed by atoms with Crippen LogP contribution in [0.15, 0.2) is 16.6 Å². The number of aryl methyl sites for hydroxylation is 1. The Morgan fingerprint density at radius 1 is 1.28 bits per heavy atom. The summed E-state index contributed by atoms with van der Waals surface area (Å²) in [5.41, 5.74) is 1.85. The fourth-order valence-electron chi connectivity index (χ4n) is 2.21. The molecule has 0 bridgehead atoms. The molecule has 1 aromatic rings. The van der Waals surface area contributed by atoms with Crippen molar-refractivity contribution in [1.29, 1.82) is 0 Å². The van der Waals surface area contributed by atoms with Gasteiger partial charge >= 0.3 is 5.97 Å². The zero-order valence-electron chi connectivity index (χ0n) is 10.1. The summed E-state index contributed by atoms with van der Waals surface area (Å²) in [7, 11) is 0. The summed E-state index contributed by atoms with van der Waals surface area (Å²) in [6.07, 6.45) is 2.15. The lowest BCUT2D eigenvalue weighted by Crippen LogP contribution is -2.23. The zero-order chi connectivity index (χ0) is 13.3. The van der Waals surface area contributed by atoms with Crippen molar-refractivity contribution in [1.82, 2.24) is 0 Å². The second-order valence-corrected chi connectivity index (χ2v) is 5.21. The van der Waals surface area contributed by atoms with Crippen LogP contribution in [-0.2, 0) is 4.79 Å². The lowest BCUT2D eigenvalue weighted by molar-refractivity contribution is -0.131. The Morgan fingerprint density at radius 2 is 1.89 bits per heavy atom. The van der Waals surface area contributed by atoms with Gasteiger partial charge in [0.2, 0.25) is 0 Å². The number of carbonyl (C=O) groups excluding carboxylic acids is 1. The summed E-state index contributed by atoms with van der Waals surface area (Å²) in [4.78, 5) is 24.9. The highest BCUT2D eigenvalue weighted by Crippen LogP contribution is 2.33. The Labute approximate surface area is 114 Å². The van der Waals surface area contributed by atoms with Gasteiger partial charge in [-0.2, -0.15) is 0 Å². The number of benzene rings is 1. The van der Waals surface area contributed by atoms with Crippen molar-refractivity contribution in [3.8, 4) is 0 Å². The van der Waals surface area contributed by atoms with Gasteiger partial charge in [0.25, 0.3) is 5.78 Å². The summed E-state index contributed by atoms with van der Waals surface area (Å²) in [5.74, 6) is -2.27. The third-order valence-electron chi connectivity index (χ3n) is 3.18. The maximum absolute atomic E-state index is 11.8. The van der Waals surface area contributed by atoms with Crippen LogP contribution in [0.25, 0.3) is 0 Å². The fraction of sp³-hybridized carbons (Fsp3) is 0.385. The second-order valence-electron chi connectivity index (χ2n) is 4.42. The number of aliphatic carboxylic acids is 1. The molecule has 0 radical (unpaired) electrons. The summed E-state index contributed by atoms with van der Waals surface area (Å²) in [5, 5.41) is 8.93. The quantitative estimate of drug-likeness (QED) is 0.688. The molecule has 0 spiro atoms. The smallest absolute Gasteiger partial charge is 0.377 e. The molecular formula is C13H14BrNO3. The van der Waals surface area contributed by atoms with Crippen LogP contribution in [0.2, 0.25) is 0 Å². The summed E-state index contributed by atoms with van der Waals surface area (Å²) < 4.78 is 0.583. The van der Waals surface area contributed by atoms with Crippen molar-refractivity contribution in [3.05, 3.63) is 27.7 Å². The number of hydrogen-bond acceptors (Lipinski definition) is 3. The Kier molecular flexibility index (Phi) is 3.71. The molecule has 2 rings (SSSR count). The van der Waals surface area contributed by atoms with Crippen LogP contribution in [0.5, 0.6) is 0 Å². The van der Waals surface area contributed by atoms with Gasteiger partial charge in [-0.25, -0.2) is 4.79 Å². The molecule has 0 saturated carbocycles. The summed E-state index contributed by atoms with van der Waals surface area (Å²) in [6, 6.07) is 3.73. The average Bonchev–Trinajstić information content (AvgIpc) is 2.85. The van der Waals surface area contributed by atoms with Crippen LogP contribution < -0.4 is 4.90 Å². The minimum absolute atomic E-state index is 0.268. The van der Waals surface area contributed by atoms with Crippen molar-refractivity contribution < 1.29 is 14.7 Å². The molecule has 5 heteroatoms. The third kappa shape index (κ3) is 2.27. The van der Waals surface area contributed by atoms with Crippen molar-refractivity contribution >= 4 is 33.4 Å². The van der Waals surface area contributed by atoms with Crippen molar-refractivity contribution in [2.24, 2.45) is 0 Å². The third-order valence-corrected chi connectivity index (χ3v) is 4.20. The largest absolute Gasteiger partial charge is 0.475 e. The van der Waals surface area contributed by atoms with Gasteiger partial charge < -0.3 is 10.0 Å². The van der Waals surface area contributed by atoms with Crippen LogP contribution in [0.1, 0.15) is 28.8 Å². The number of Topliss-reactive ketones (excluding diaryl/α,β-unsaturated/α-hetero) is 1. The van der Waals surface area contributed by atoms with Crippen LogP contribution in [0.4, 0.5) is 5.69 Å². The summed E-state index contributed by atoms with van der Waals surface area (Å²) >= 11 is 3.34. The lowest BCUT2D eigenvalue weighted by Gasteiger charge is -2.21. The fourth-order valence-corrected chi connectivity index (χ4v) is 2.73. The number of anilines is 1. The van der Waals surface area contributed by atoms with E-state index < -0.39 is 11.8 Å². The number of halogens is 1. The van der Waals surface area contributed by atoms with Gasteiger partial charge in [-0.05, 0) is 47.3 Å². The van der Waals surface area contributed by atoms with Crippen LogP contribution >= 0.6 is 15.9 Å². The van der Waals surface area contributed by atoms with E-state index in [1.807, 2.05) is 19.1 Å². The van der Waals surface area contributed by atoms with Gasteiger partial charge in [-0.3, -0.25) is 4.79 Å². The Hall–Kier alpha value is -1.36. The molecule has 0 amide bonds. The molecule has 1 heterocycles. The monoisotopic (exact) mass is 311 g/mol. The first-order valence-corrected chi connectivity index (χ1v) is 6.63. The molecule has 0 aromatic heterocycles. The molecule has 1 fully saturated rings. The first-order valence-electron chi connectivity index (χ1n) is 5.84. The highest BCUT2D eigenvalue weighted by Gasteiger charge is 2.26. The van der Waals surface area contributed by atoms with E-state index >= 15 is 0 Å². The average molecular weight is 312 g/mol. The highest BCUT2D eigenvalue weighted by atomic mass is 79.9. The minimum atomic E-state index is -1.42. The number of carboxylic acids is 1. The predicted molar refractivity (Wildman–Crippen MR) is 72.3 cm³/mol. The van der Waals surface area contributed by atoms with Gasteiger partial charge in [0.1, 0.15) is 0 Å². The van der Waals surface area contributed by atoms with E-state index in [9.17, 15) is 9.59 Å². The van der Waals surface area contributed by atoms with E-state index in [0.29, 0.717) is 4.47 Å². The first kappa shape index (κ1) is 13.1. The molecule has 18 heavy (non-hydrogen) atoms. The van der Waals surface area contributed by atoms with E-state index in [1.165, 1.54) is 0 Å².